The molecule has 0 spiro atoms. The summed E-state index contributed by atoms with van der Waals surface area (Å²) in [6.45, 7) is 4.37. The zero-order chi connectivity index (χ0) is 13.1. The molecule has 2 heterocycles. The second-order valence-electron chi connectivity index (χ2n) is 3.91. The topological polar surface area (TPSA) is 85.8 Å². The number of rotatable bonds is 3. The summed E-state index contributed by atoms with van der Waals surface area (Å²) in [5.74, 6) is -0.263. The van der Waals surface area contributed by atoms with E-state index in [1.54, 1.807) is 23.1 Å². The number of aromatic nitrogens is 3. The van der Waals surface area contributed by atoms with E-state index in [-0.39, 0.29) is 5.91 Å². The molecule has 0 fully saturated rings. The molecule has 2 aromatic rings. The van der Waals surface area contributed by atoms with Crippen molar-refractivity contribution in [2.45, 2.75) is 20.4 Å². The van der Waals surface area contributed by atoms with Crippen LogP contribution in [0.4, 0.5) is 11.4 Å². The largest absolute Gasteiger partial charge is 0.396 e. The summed E-state index contributed by atoms with van der Waals surface area (Å²) in [6, 6.07) is 1.75. The first-order valence-corrected chi connectivity index (χ1v) is 5.66. The molecule has 0 saturated heterocycles. The molecule has 0 aliphatic heterocycles. The molecule has 0 saturated carbocycles. The number of nitrogens with one attached hydrogen (secondary N) is 1. The van der Waals surface area contributed by atoms with Gasteiger partial charge in [-0.1, -0.05) is 0 Å². The molecule has 6 heteroatoms. The van der Waals surface area contributed by atoms with E-state index in [0.29, 0.717) is 17.9 Å². The Kier molecular flexibility index (Phi) is 3.27. The molecule has 0 radical (unpaired) electrons. The first kappa shape index (κ1) is 12.1. The lowest BCUT2D eigenvalue weighted by Gasteiger charge is -2.09. The van der Waals surface area contributed by atoms with Gasteiger partial charge in [-0.15, -0.1) is 0 Å². The molecule has 0 aliphatic rings. The summed E-state index contributed by atoms with van der Waals surface area (Å²) in [6.07, 6.45) is 4.80. The fraction of sp³-hybridized carbons (Fsp3) is 0.250. The van der Waals surface area contributed by atoms with Gasteiger partial charge in [0.1, 0.15) is 5.69 Å². The van der Waals surface area contributed by atoms with Gasteiger partial charge in [-0.3, -0.25) is 14.5 Å². The van der Waals surface area contributed by atoms with Crippen molar-refractivity contribution >= 4 is 17.3 Å². The monoisotopic (exact) mass is 245 g/mol. The summed E-state index contributed by atoms with van der Waals surface area (Å²) in [5.41, 5.74) is 8.13. The predicted octanol–water partition coefficient (Wildman–Crippen LogP) is 1.44. The average Bonchev–Trinajstić information content (AvgIpc) is 2.73. The van der Waals surface area contributed by atoms with Gasteiger partial charge in [-0.25, -0.2) is 0 Å². The quantitative estimate of drug-likeness (QED) is 0.856. The SMILES string of the molecule is CCn1ncc(N)c1C(=O)Nc1ccncc1C. The third kappa shape index (κ3) is 2.17. The minimum atomic E-state index is -0.263. The van der Waals surface area contributed by atoms with Crippen molar-refractivity contribution in [2.75, 3.05) is 11.1 Å². The van der Waals surface area contributed by atoms with Gasteiger partial charge in [0.05, 0.1) is 11.9 Å². The Morgan fingerprint density at radius 3 is 2.94 bits per heavy atom. The third-order valence-electron chi connectivity index (χ3n) is 2.65. The second kappa shape index (κ2) is 4.87. The maximum absolute atomic E-state index is 12.2. The van der Waals surface area contributed by atoms with Gasteiger partial charge in [-0.05, 0) is 25.5 Å². The lowest BCUT2D eigenvalue weighted by molar-refractivity contribution is 0.101. The van der Waals surface area contributed by atoms with Crippen LogP contribution in [0, 0.1) is 6.92 Å². The second-order valence-corrected chi connectivity index (χ2v) is 3.91. The van der Waals surface area contributed by atoms with Crippen LogP contribution in [-0.2, 0) is 6.54 Å². The molecule has 6 nitrogen and oxygen atoms in total. The van der Waals surface area contributed by atoms with Crippen LogP contribution in [0.25, 0.3) is 0 Å². The number of nitrogen functional groups attached to an aromatic ring is 1. The van der Waals surface area contributed by atoms with Crippen LogP contribution in [0.15, 0.2) is 24.7 Å². The highest BCUT2D eigenvalue weighted by atomic mass is 16.2. The number of aryl methyl sites for hydroxylation is 2. The smallest absolute Gasteiger partial charge is 0.276 e. The van der Waals surface area contributed by atoms with Crippen molar-refractivity contribution in [3.05, 3.63) is 35.9 Å². The molecule has 2 rings (SSSR count). The van der Waals surface area contributed by atoms with E-state index in [1.807, 2.05) is 13.8 Å². The van der Waals surface area contributed by atoms with E-state index in [0.717, 1.165) is 11.3 Å². The third-order valence-corrected chi connectivity index (χ3v) is 2.65. The Hall–Kier alpha value is -2.37. The van der Waals surface area contributed by atoms with E-state index in [9.17, 15) is 4.79 Å². The number of nitrogens with two attached hydrogens (primary N) is 1. The van der Waals surface area contributed by atoms with Crippen LogP contribution in [0.5, 0.6) is 0 Å². The van der Waals surface area contributed by atoms with Gasteiger partial charge >= 0.3 is 0 Å². The Bertz CT molecular complexity index is 576. The summed E-state index contributed by atoms with van der Waals surface area (Å²) < 4.78 is 1.57. The Morgan fingerprint density at radius 1 is 1.50 bits per heavy atom. The van der Waals surface area contributed by atoms with Crippen LogP contribution in [0.1, 0.15) is 23.0 Å². The standard InChI is InChI=1S/C12H15N5O/c1-3-17-11(9(13)7-15-17)12(18)16-10-4-5-14-6-8(10)2/h4-7H,3,13H2,1-2H3,(H,14,16,18). The Labute approximate surface area is 105 Å². The van der Waals surface area contributed by atoms with Crippen molar-refractivity contribution < 1.29 is 4.79 Å². The van der Waals surface area contributed by atoms with Crippen LogP contribution < -0.4 is 11.1 Å². The fourth-order valence-electron chi connectivity index (χ4n) is 1.68. The maximum Gasteiger partial charge on any atom is 0.276 e. The predicted molar refractivity (Wildman–Crippen MR) is 69.2 cm³/mol. The van der Waals surface area contributed by atoms with Crippen molar-refractivity contribution in [1.82, 2.24) is 14.8 Å². The maximum atomic E-state index is 12.2. The zero-order valence-electron chi connectivity index (χ0n) is 10.3. The molecule has 1 amide bonds. The van der Waals surface area contributed by atoms with Crippen LogP contribution in [0.3, 0.4) is 0 Å². The molecule has 0 atom stereocenters. The van der Waals surface area contributed by atoms with Gasteiger partial charge in [0.2, 0.25) is 0 Å². The number of carbonyl (C=O) groups is 1. The number of hydrogen-bond acceptors (Lipinski definition) is 4. The summed E-state index contributed by atoms with van der Waals surface area (Å²) in [4.78, 5) is 16.1. The van der Waals surface area contributed by atoms with E-state index >= 15 is 0 Å². The van der Waals surface area contributed by atoms with Gasteiger partial charge in [0.25, 0.3) is 5.91 Å². The molecule has 0 aliphatic carbocycles. The van der Waals surface area contributed by atoms with Crippen molar-refractivity contribution in [2.24, 2.45) is 0 Å². The average molecular weight is 245 g/mol. The normalized spacial score (nSPS) is 10.3. The van der Waals surface area contributed by atoms with Gasteiger partial charge in [0.15, 0.2) is 0 Å². The van der Waals surface area contributed by atoms with Gasteiger partial charge in [0, 0.05) is 24.6 Å². The van der Waals surface area contributed by atoms with Crippen molar-refractivity contribution in [3.63, 3.8) is 0 Å². The van der Waals surface area contributed by atoms with E-state index in [2.05, 4.69) is 15.4 Å². The van der Waals surface area contributed by atoms with Crippen LogP contribution in [-0.4, -0.2) is 20.7 Å². The van der Waals surface area contributed by atoms with E-state index in [1.165, 1.54) is 6.20 Å². The molecule has 0 unspecified atom stereocenters. The van der Waals surface area contributed by atoms with Crippen molar-refractivity contribution in [1.29, 1.82) is 0 Å². The Morgan fingerprint density at radius 2 is 2.28 bits per heavy atom. The fourth-order valence-corrected chi connectivity index (χ4v) is 1.68. The minimum absolute atomic E-state index is 0.263. The van der Waals surface area contributed by atoms with Crippen LogP contribution in [0.2, 0.25) is 0 Å². The highest BCUT2D eigenvalue weighted by Crippen LogP contribution is 2.16. The number of hydrogen-bond donors (Lipinski definition) is 2. The van der Waals surface area contributed by atoms with E-state index < -0.39 is 0 Å². The van der Waals surface area contributed by atoms with Gasteiger partial charge in [-0.2, -0.15) is 5.10 Å². The molecule has 3 N–H and O–H groups in total. The minimum Gasteiger partial charge on any atom is -0.396 e. The van der Waals surface area contributed by atoms with E-state index in [4.69, 9.17) is 5.73 Å². The number of pyridine rings is 1. The molecule has 94 valence electrons. The number of anilines is 2. The molecular weight excluding hydrogens is 230 g/mol. The highest BCUT2D eigenvalue weighted by Gasteiger charge is 2.16. The zero-order valence-corrected chi connectivity index (χ0v) is 10.3. The molecule has 18 heavy (non-hydrogen) atoms. The van der Waals surface area contributed by atoms with Gasteiger partial charge < -0.3 is 11.1 Å². The molecule has 0 bridgehead atoms. The lowest BCUT2D eigenvalue weighted by Crippen LogP contribution is -2.19. The summed E-state index contributed by atoms with van der Waals surface area (Å²) in [7, 11) is 0. The molecular formula is C12H15N5O. The summed E-state index contributed by atoms with van der Waals surface area (Å²) >= 11 is 0. The lowest BCUT2D eigenvalue weighted by atomic mass is 10.2. The highest BCUT2D eigenvalue weighted by molar-refractivity contribution is 6.06. The Balaban J connectivity index is 2.28. The summed E-state index contributed by atoms with van der Waals surface area (Å²) in [5, 5.41) is 6.85. The van der Waals surface area contributed by atoms with Crippen molar-refractivity contribution in [3.8, 4) is 0 Å². The molecule has 2 aromatic heterocycles. The number of carbonyl (C=O) groups excluding carboxylic acids is 1. The first-order chi connectivity index (χ1) is 8.63. The molecule has 0 aromatic carbocycles. The number of nitrogens with zero attached hydrogens (tertiary/aromatic N) is 3. The van der Waals surface area contributed by atoms with Crippen LogP contribution >= 0.6 is 0 Å². The first-order valence-electron chi connectivity index (χ1n) is 5.66. The number of amides is 1.